The Morgan fingerprint density at radius 1 is 0.260 bits per heavy atom. The maximum absolute atomic E-state index is 12.9. The minimum absolute atomic E-state index is 0.0818. The van der Waals surface area contributed by atoms with E-state index in [1.54, 1.807) is 0 Å². The molecule has 0 saturated heterocycles. The molecule has 448 valence electrons. The van der Waals surface area contributed by atoms with Gasteiger partial charge in [-0.2, -0.15) is 0 Å². The van der Waals surface area contributed by atoms with E-state index in [1.807, 2.05) is 0 Å². The van der Waals surface area contributed by atoms with Crippen molar-refractivity contribution in [2.24, 2.45) is 0 Å². The molecule has 0 aromatic carbocycles. The maximum atomic E-state index is 12.9. The van der Waals surface area contributed by atoms with Crippen molar-refractivity contribution in [1.29, 1.82) is 0 Å². The third kappa shape index (κ3) is 63.8. The molecule has 77 heavy (non-hydrogen) atoms. The van der Waals surface area contributed by atoms with E-state index in [2.05, 4.69) is 81.5 Å². The lowest BCUT2D eigenvalue weighted by Crippen LogP contribution is -2.30. The van der Waals surface area contributed by atoms with Gasteiger partial charge >= 0.3 is 17.9 Å². The van der Waals surface area contributed by atoms with E-state index in [0.29, 0.717) is 19.3 Å². The fraction of sp³-hybridized carbons (Fsp3) is 0.817. The molecule has 1 unspecified atom stereocenters. The maximum Gasteiger partial charge on any atom is 0.306 e. The van der Waals surface area contributed by atoms with Crippen LogP contribution in [0.5, 0.6) is 0 Å². The van der Waals surface area contributed by atoms with E-state index in [0.717, 1.165) is 116 Å². The van der Waals surface area contributed by atoms with Gasteiger partial charge in [-0.1, -0.05) is 300 Å². The molecule has 0 radical (unpaired) electrons. The molecule has 1 atom stereocenters. The molecule has 0 aromatic rings. The van der Waals surface area contributed by atoms with Crippen LogP contribution >= 0.6 is 0 Å². The van der Waals surface area contributed by atoms with Gasteiger partial charge in [0, 0.05) is 19.3 Å². The van der Waals surface area contributed by atoms with Crippen molar-refractivity contribution in [3.05, 3.63) is 60.8 Å². The average Bonchev–Trinajstić information content (AvgIpc) is 3.43. The number of hydrogen-bond acceptors (Lipinski definition) is 6. The highest BCUT2D eigenvalue weighted by Gasteiger charge is 2.19. The Morgan fingerprint density at radius 2 is 0.494 bits per heavy atom. The summed E-state index contributed by atoms with van der Waals surface area (Å²) < 4.78 is 16.9. The van der Waals surface area contributed by atoms with Crippen LogP contribution in [-0.2, 0) is 28.6 Å². The second-order valence-electron chi connectivity index (χ2n) is 22.7. The van der Waals surface area contributed by atoms with Crippen LogP contribution in [0.2, 0.25) is 0 Å². The fourth-order valence-corrected chi connectivity index (χ4v) is 9.87. The monoisotopic (exact) mass is 1080 g/mol. The first-order valence-electron chi connectivity index (χ1n) is 33.8. The predicted octanol–water partition coefficient (Wildman–Crippen LogP) is 23.1. The number of allylic oxidation sites excluding steroid dienone is 10. The van der Waals surface area contributed by atoms with Gasteiger partial charge in [-0.25, -0.2) is 0 Å². The van der Waals surface area contributed by atoms with Gasteiger partial charge < -0.3 is 14.2 Å². The largest absolute Gasteiger partial charge is 0.462 e. The Labute approximate surface area is 479 Å². The van der Waals surface area contributed by atoms with Crippen LogP contribution in [0.3, 0.4) is 0 Å². The summed E-state index contributed by atoms with van der Waals surface area (Å²) in [7, 11) is 0. The molecule has 0 heterocycles. The molecule has 0 aliphatic heterocycles. The lowest BCUT2D eigenvalue weighted by molar-refractivity contribution is -0.167. The standard InChI is InChI=1S/C71H128O6/c1-4-7-10-13-16-19-22-25-26-27-28-29-30-31-32-33-34-35-36-37-38-39-40-41-42-43-44-47-49-52-55-58-61-64-70(73)76-67-68(77-71(74)65-62-59-56-53-50-46-24-21-18-15-12-9-6-3)66-75-69(72)63-60-57-54-51-48-45-23-20-17-14-11-8-5-2/h11-12,14-15,20-21,23-24,27-28,68H,4-10,13,16-19,22,25-26,29-67H2,1-3H3/b14-11-,15-12-,23-20-,24-21-,28-27-. The first kappa shape index (κ1) is 74.1. The number of esters is 3. The van der Waals surface area contributed by atoms with Crippen LogP contribution in [-0.4, -0.2) is 37.2 Å². The smallest absolute Gasteiger partial charge is 0.306 e. The minimum Gasteiger partial charge on any atom is -0.462 e. The molecule has 0 N–H and O–H groups in total. The molecule has 0 fully saturated rings. The molecule has 0 bridgehead atoms. The third-order valence-corrected chi connectivity index (χ3v) is 14.9. The Hall–Kier alpha value is -2.89. The van der Waals surface area contributed by atoms with Gasteiger partial charge in [0.1, 0.15) is 13.2 Å². The Morgan fingerprint density at radius 3 is 0.779 bits per heavy atom. The molecule has 6 heteroatoms. The van der Waals surface area contributed by atoms with Gasteiger partial charge in [0.05, 0.1) is 0 Å². The molecule has 0 aromatic heterocycles. The molecule has 0 aliphatic carbocycles. The van der Waals surface area contributed by atoms with Gasteiger partial charge in [-0.05, 0) is 96.3 Å². The quantitative estimate of drug-likeness (QED) is 0.0261. The van der Waals surface area contributed by atoms with Crippen molar-refractivity contribution in [2.75, 3.05) is 13.2 Å². The first-order valence-corrected chi connectivity index (χ1v) is 33.8. The molecule has 0 saturated carbocycles. The summed E-state index contributed by atoms with van der Waals surface area (Å²) in [6.45, 7) is 6.53. The number of ether oxygens (including phenoxy) is 3. The fourth-order valence-electron chi connectivity index (χ4n) is 9.87. The van der Waals surface area contributed by atoms with E-state index in [1.165, 1.54) is 199 Å². The SMILES string of the molecule is CCC/C=C\C/C=C\CCCCCCCC(=O)OCC(COC(=O)CCCCCCCCCCCCCCCCCCCCCCC/C=C\CCCCCCCCCC)OC(=O)CCCCCCC/C=C\C/C=C\CCC. The van der Waals surface area contributed by atoms with Crippen molar-refractivity contribution in [3.63, 3.8) is 0 Å². The van der Waals surface area contributed by atoms with E-state index in [4.69, 9.17) is 14.2 Å². The van der Waals surface area contributed by atoms with Crippen molar-refractivity contribution >= 4 is 17.9 Å². The third-order valence-electron chi connectivity index (χ3n) is 14.9. The van der Waals surface area contributed by atoms with Crippen LogP contribution in [0.1, 0.15) is 355 Å². The highest BCUT2D eigenvalue weighted by atomic mass is 16.6. The summed E-state index contributed by atoms with van der Waals surface area (Å²) in [6, 6.07) is 0. The van der Waals surface area contributed by atoms with Crippen molar-refractivity contribution < 1.29 is 28.6 Å². The second-order valence-corrected chi connectivity index (χ2v) is 22.7. The first-order chi connectivity index (χ1) is 38.0. The Kier molecular flexibility index (Phi) is 63.2. The van der Waals surface area contributed by atoms with Crippen LogP contribution in [0.15, 0.2) is 60.8 Å². The molecular formula is C71H128O6. The van der Waals surface area contributed by atoms with Gasteiger partial charge in [-0.3, -0.25) is 14.4 Å². The number of rotatable bonds is 62. The average molecular weight is 1080 g/mol. The Balaban J connectivity index is 4.07. The van der Waals surface area contributed by atoms with Crippen molar-refractivity contribution in [2.45, 2.75) is 361 Å². The van der Waals surface area contributed by atoms with Crippen LogP contribution in [0.25, 0.3) is 0 Å². The van der Waals surface area contributed by atoms with Gasteiger partial charge in [0.25, 0.3) is 0 Å². The number of unbranched alkanes of at least 4 members (excludes halogenated alkanes) is 41. The molecule has 0 amide bonds. The number of hydrogen-bond donors (Lipinski definition) is 0. The van der Waals surface area contributed by atoms with Crippen molar-refractivity contribution in [1.82, 2.24) is 0 Å². The van der Waals surface area contributed by atoms with E-state index >= 15 is 0 Å². The second kappa shape index (κ2) is 65.6. The topological polar surface area (TPSA) is 78.9 Å². The molecule has 0 spiro atoms. The van der Waals surface area contributed by atoms with Crippen LogP contribution < -0.4 is 0 Å². The number of carbonyl (C=O) groups is 3. The summed E-state index contributed by atoms with van der Waals surface area (Å²) in [4.78, 5) is 38.2. The molecular weight excluding hydrogens is 949 g/mol. The lowest BCUT2D eigenvalue weighted by Gasteiger charge is -2.18. The molecule has 6 nitrogen and oxygen atoms in total. The van der Waals surface area contributed by atoms with E-state index in [9.17, 15) is 14.4 Å². The zero-order valence-corrected chi connectivity index (χ0v) is 51.5. The highest BCUT2D eigenvalue weighted by molar-refractivity contribution is 5.71. The van der Waals surface area contributed by atoms with Crippen LogP contribution in [0, 0.1) is 0 Å². The van der Waals surface area contributed by atoms with Gasteiger partial charge in [0.2, 0.25) is 0 Å². The minimum atomic E-state index is -0.786. The summed E-state index contributed by atoms with van der Waals surface area (Å²) in [5.41, 5.74) is 0. The van der Waals surface area contributed by atoms with E-state index < -0.39 is 6.10 Å². The van der Waals surface area contributed by atoms with Gasteiger partial charge in [0.15, 0.2) is 6.10 Å². The summed E-state index contributed by atoms with van der Waals surface area (Å²) in [6.07, 6.45) is 84.1. The summed E-state index contributed by atoms with van der Waals surface area (Å²) >= 11 is 0. The zero-order valence-electron chi connectivity index (χ0n) is 51.5. The molecule has 0 rings (SSSR count). The van der Waals surface area contributed by atoms with E-state index in [-0.39, 0.29) is 31.1 Å². The highest BCUT2D eigenvalue weighted by Crippen LogP contribution is 2.18. The predicted molar refractivity (Wildman–Crippen MR) is 335 cm³/mol. The van der Waals surface area contributed by atoms with Crippen LogP contribution in [0.4, 0.5) is 0 Å². The normalized spacial score (nSPS) is 12.4. The molecule has 0 aliphatic rings. The lowest BCUT2D eigenvalue weighted by atomic mass is 10.0. The van der Waals surface area contributed by atoms with Crippen molar-refractivity contribution in [3.8, 4) is 0 Å². The Bertz CT molecular complexity index is 1380. The summed E-state index contributed by atoms with van der Waals surface area (Å²) in [5, 5.41) is 0. The summed E-state index contributed by atoms with van der Waals surface area (Å²) in [5.74, 6) is -0.896. The zero-order chi connectivity index (χ0) is 55.7. The number of carbonyl (C=O) groups excluding carboxylic acids is 3. The van der Waals surface area contributed by atoms with Gasteiger partial charge in [-0.15, -0.1) is 0 Å².